The summed E-state index contributed by atoms with van der Waals surface area (Å²) in [5, 5.41) is 1.04. The lowest BCUT2D eigenvalue weighted by atomic mass is 10.0. The second kappa shape index (κ2) is 7.07. The summed E-state index contributed by atoms with van der Waals surface area (Å²) in [5.74, 6) is 0. The number of nitrogens with two attached hydrogens (primary N) is 1. The SMILES string of the molecule is C=CCC[C@H](N)c1c(Cl)cncc1Cl.Cl. The van der Waals surface area contributed by atoms with Gasteiger partial charge in [0.15, 0.2) is 0 Å². The number of allylic oxidation sites excluding steroid dienone is 1. The average Bonchev–Trinajstić information content (AvgIpc) is 2.14. The molecule has 1 heterocycles. The van der Waals surface area contributed by atoms with E-state index in [1.807, 2.05) is 6.08 Å². The van der Waals surface area contributed by atoms with E-state index in [2.05, 4.69) is 11.6 Å². The maximum atomic E-state index is 5.95. The smallest absolute Gasteiger partial charge is 0.0651 e. The van der Waals surface area contributed by atoms with E-state index >= 15 is 0 Å². The van der Waals surface area contributed by atoms with Gasteiger partial charge in [0.1, 0.15) is 0 Å². The van der Waals surface area contributed by atoms with Crippen molar-refractivity contribution in [2.75, 3.05) is 0 Å². The molecule has 1 aromatic heterocycles. The summed E-state index contributed by atoms with van der Waals surface area (Å²) in [7, 11) is 0. The van der Waals surface area contributed by atoms with E-state index in [1.54, 1.807) is 12.4 Å². The van der Waals surface area contributed by atoms with Crippen LogP contribution in [-0.2, 0) is 0 Å². The van der Waals surface area contributed by atoms with Crippen LogP contribution in [0.3, 0.4) is 0 Å². The Morgan fingerprint density at radius 3 is 2.40 bits per heavy atom. The van der Waals surface area contributed by atoms with Crippen LogP contribution in [0.2, 0.25) is 10.0 Å². The van der Waals surface area contributed by atoms with Crippen LogP contribution >= 0.6 is 35.6 Å². The Bertz CT molecular complexity index is 308. The number of pyridine rings is 1. The summed E-state index contributed by atoms with van der Waals surface area (Å²) in [4.78, 5) is 3.87. The molecule has 0 amide bonds. The van der Waals surface area contributed by atoms with Crippen LogP contribution in [-0.4, -0.2) is 4.98 Å². The van der Waals surface area contributed by atoms with E-state index in [-0.39, 0.29) is 18.4 Å². The van der Waals surface area contributed by atoms with Crippen LogP contribution in [0.15, 0.2) is 25.0 Å². The molecule has 0 aromatic carbocycles. The first-order valence-corrected chi connectivity index (χ1v) is 5.07. The fourth-order valence-corrected chi connectivity index (χ4v) is 1.86. The largest absolute Gasteiger partial charge is 0.324 e. The third-order valence-electron chi connectivity index (χ3n) is 1.94. The number of hydrogen-bond acceptors (Lipinski definition) is 2. The van der Waals surface area contributed by atoms with Gasteiger partial charge in [-0.05, 0) is 12.8 Å². The standard InChI is InChI=1S/C10H12Cl2N2.ClH/c1-2-3-4-9(13)10-7(11)5-14-6-8(10)12;/h2,5-6,9H,1,3-4,13H2;1H/t9-;/m0./s1. The molecule has 1 atom stereocenters. The minimum atomic E-state index is -0.156. The van der Waals surface area contributed by atoms with Crippen LogP contribution in [0.1, 0.15) is 24.4 Å². The van der Waals surface area contributed by atoms with Gasteiger partial charge in [0.2, 0.25) is 0 Å². The highest BCUT2D eigenvalue weighted by Crippen LogP contribution is 2.30. The number of halogens is 3. The van der Waals surface area contributed by atoms with Crippen LogP contribution in [0.5, 0.6) is 0 Å². The monoisotopic (exact) mass is 266 g/mol. The third-order valence-corrected chi connectivity index (χ3v) is 2.55. The molecule has 2 nitrogen and oxygen atoms in total. The second-order valence-corrected chi connectivity index (χ2v) is 3.80. The van der Waals surface area contributed by atoms with E-state index in [4.69, 9.17) is 28.9 Å². The lowest BCUT2D eigenvalue weighted by Crippen LogP contribution is -2.11. The van der Waals surface area contributed by atoms with E-state index in [1.165, 1.54) is 0 Å². The zero-order chi connectivity index (χ0) is 10.6. The van der Waals surface area contributed by atoms with Gasteiger partial charge in [0.25, 0.3) is 0 Å². The molecule has 1 aromatic rings. The summed E-state index contributed by atoms with van der Waals surface area (Å²) in [5.41, 5.74) is 6.71. The van der Waals surface area contributed by atoms with Crippen molar-refractivity contribution in [3.63, 3.8) is 0 Å². The van der Waals surface area contributed by atoms with Gasteiger partial charge in [-0.25, -0.2) is 0 Å². The molecule has 0 radical (unpaired) electrons. The van der Waals surface area contributed by atoms with Crippen molar-refractivity contribution in [1.29, 1.82) is 0 Å². The van der Waals surface area contributed by atoms with Gasteiger partial charge in [-0.2, -0.15) is 0 Å². The van der Waals surface area contributed by atoms with Gasteiger partial charge < -0.3 is 5.73 Å². The van der Waals surface area contributed by atoms with Crippen molar-refractivity contribution >= 4 is 35.6 Å². The number of nitrogens with zero attached hydrogens (tertiary/aromatic N) is 1. The Morgan fingerprint density at radius 1 is 1.40 bits per heavy atom. The Hall–Kier alpha value is -0.280. The van der Waals surface area contributed by atoms with Crippen LogP contribution in [0.25, 0.3) is 0 Å². The van der Waals surface area contributed by atoms with E-state index < -0.39 is 0 Å². The first kappa shape index (κ1) is 14.7. The summed E-state index contributed by atoms with van der Waals surface area (Å²) in [6, 6.07) is -0.156. The topological polar surface area (TPSA) is 38.9 Å². The summed E-state index contributed by atoms with van der Waals surface area (Å²) in [6.45, 7) is 3.64. The van der Waals surface area contributed by atoms with Gasteiger partial charge in [-0.1, -0.05) is 29.3 Å². The van der Waals surface area contributed by atoms with Crippen molar-refractivity contribution in [2.24, 2.45) is 5.73 Å². The third kappa shape index (κ3) is 3.99. The molecule has 0 unspecified atom stereocenters. The number of aromatic nitrogens is 1. The Kier molecular flexibility index (Phi) is 6.94. The summed E-state index contributed by atoms with van der Waals surface area (Å²) < 4.78 is 0. The minimum absolute atomic E-state index is 0. The van der Waals surface area contributed by atoms with Gasteiger partial charge in [0.05, 0.1) is 10.0 Å². The lowest BCUT2D eigenvalue weighted by molar-refractivity contribution is 0.661. The highest BCUT2D eigenvalue weighted by Gasteiger charge is 2.13. The van der Waals surface area contributed by atoms with Gasteiger partial charge in [-0.15, -0.1) is 19.0 Å². The molecule has 1 rings (SSSR count). The fraction of sp³-hybridized carbons (Fsp3) is 0.300. The molecule has 0 bridgehead atoms. The predicted octanol–water partition coefficient (Wildman–Crippen LogP) is 3.78. The Balaban J connectivity index is 0.00000196. The van der Waals surface area contributed by atoms with Crippen LogP contribution < -0.4 is 5.73 Å². The average molecular weight is 268 g/mol. The van der Waals surface area contributed by atoms with Crippen molar-refractivity contribution in [1.82, 2.24) is 4.98 Å². The maximum Gasteiger partial charge on any atom is 0.0651 e. The first-order chi connectivity index (χ1) is 6.66. The molecule has 0 aliphatic rings. The maximum absolute atomic E-state index is 5.95. The molecule has 0 aliphatic heterocycles. The Morgan fingerprint density at radius 2 is 1.93 bits per heavy atom. The van der Waals surface area contributed by atoms with Gasteiger partial charge in [0, 0.05) is 24.0 Å². The zero-order valence-electron chi connectivity index (χ0n) is 8.12. The molecule has 0 spiro atoms. The van der Waals surface area contributed by atoms with Crippen molar-refractivity contribution in [3.8, 4) is 0 Å². The van der Waals surface area contributed by atoms with Crippen molar-refractivity contribution in [2.45, 2.75) is 18.9 Å². The molecule has 0 saturated carbocycles. The molecule has 15 heavy (non-hydrogen) atoms. The molecule has 0 saturated heterocycles. The van der Waals surface area contributed by atoms with E-state index in [9.17, 15) is 0 Å². The van der Waals surface area contributed by atoms with E-state index in [0.717, 1.165) is 18.4 Å². The zero-order valence-corrected chi connectivity index (χ0v) is 10.4. The van der Waals surface area contributed by atoms with Crippen LogP contribution in [0.4, 0.5) is 0 Å². The van der Waals surface area contributed by atoms with E-state index in [0.29, 0.717) is 10.0 Å². The van der Waals surface area contributed by atoms with Crippen molar-refractivity contribution < 1.29 is 0 Å². The summed E-state index contributed by atoms with van der Waals surface area (Å²) in [6.07, 6.45) is 6.55. The normalized spacial score (nSPS) is 11.7. The molecule has 2 N–H and O–H groups in total. The highest BCUT2D eigenvalue weighted by atomic mass is 35.5. The van der Waals surface area contributed by atoms with Crippen molar-refractivity contribution in [3.05, 3.63) is 40.7 Å². The predicted molar refractivity (Wildman–Crippen MR) is 67.9 cm³/mol. The van der Waals surface area contributed by atoms with Crippen LogP contribution in [0, 0.1) is 0 Å². The number of hydrogen-bond donors (Lipinski definition) is 1. The molecule has 0 aliphatic carbocycles. The molecular formula is C10H13Cl3N2. The van der Waals surface area contributed by atoms with Gasteiger partial charge in [-0.3, -0.25) is 4.98 Å². The van der Waals surface area contributed by atoms with Gasteiger partial charge >= 0.3 is 0 Å². The molecular weight excluding hydrogens is 254 g/mol. The molecule has 84 valence electrons. The quantitative estimate of drug-likeness (QED) is 0.843. The lowest BCUT2D eigenvalue weighted by Gasteiger charge is -2.13. The fourth-order valence-electron chi connectivity index (χ4n) is 1.22. The minimum Gasteiger partial charge on any atom is -0.324 e. The highest BCUT2D eigenvalue weighted by molar-refractivity contribution is 6.35. The first-order valence-electron chi connectivity index (χ1n) is 4.32. The molecule has 0 fully saturated rings. The Labute approximate surface area is 106 Å². The second-order valence-electron chi connectivity index (χ2n) is 2.99. The summed E-state index contributed by atoms with van der Waals surface area (Å²) >= 11 is 11.9. The number of rotatable bonds is 4. The molecule has 5 heteroatoms.